The number of carbonyl (C=O) groups excluding carboxylic acids is 1. The molecule has 5 heteroatoms. The van der Waals surface area contributed by atoms with Crippen LogP contribution in [0.1, 0.15) is 61.3 Å². The summed E-state index contributed by atoms with van der Waals surface area (Å²) in [5, 5.41) is 2.87. The van der Waals surface area contributed by atoms with E-state index in [1.165, 1.54) is 9.15 Å². The number of nitrogens with one attached hydrogen (secondary N) is 1. The highest BCUT2D eigenvalue weighted by Crippen LogP contribution is 2.42. The Morgan fingerprint density at radius 1 is 1.08 bits per heavy atom. The van der Waals surface area contributed by atoms with E-state index in [0.717, 1.165) is 12.8 Å². The minimum Gasteiger partial charge on any atom is -0.503 e. The van der Waals surface area contributed by atoms with Crippen LogP contribution in [0.4, 0.5) is 4.79 Å². The molecule has 0 atom stereocenters. The summed E-state index contributed by atoms with van der Waals surface area (Å²) in [6.07, 6.45) is 7.64. The Kier molecular flexibility index (Phi) is 11.7. The Balaban J connectivity index is 4.49. The monoisotopic (exact) mass is 477 g/mol. The topological polar surface area (TPSA) is 38.3 Å². The van der Waals surface area contributed by atoms with Gasteiger partial charge in [-0.15, -0.1) is 0 Å². The fourth-order valence-corrected chi connectivity index (χ4v) is 8.71. The smallest absolute Gasteiger partial charge is 0.393 e. The van der Waals surface area contributed by atoms with Crippen LogP contribution in [0, 0.1) is 0 Å². The maximum absolute atomic E-state index is 12.3. The summed E-state index contributed by atoms with van der Waals surface area (Å²) in [5.41, 5.74) is 2.35. The molecular weight excluding hydrogens is 441 g/mol. The maximum Gasteiger partial charge on any atom is 0.393 e. The third-order valence-electron chi connectivity index (χ3n) is 4.59. The number of halogens is 1. The van der Waals surface area contributed by atoms with Gasteiger partial charge in [0.1, 0.15) is 0 Å². The lowest BCUT2D eigenvalue weighted by molar-refractivity contribution is 0.194. The highest BCUT2D eigenvalue weighted by Gasteiger charge is 2.48. The van der Waals surface area contributed by atoms with Gasteiger partial charge >= 0.3 is 6.09 Å². The molecule has 0 aliphatic heterocycles. The molecule has 0 aromatic carbocycles. The fourth-order valence-electron chi connectivity index (χ4n) is 3.39. The second-order valence-electron chi connectivity index (χ2n) is 7.51. The van der Waals surface area contributed by atoms with Crippen molar-refractivity contribution in [1.29, 1.82) is 0 Å². The molecule has 3 nitrogen and oxygen atoms in total. The summed E-state index contributed by atoms with van der Waals surface area (Å²) in [6, 6.07) is 0. The van der Waals surface area contributed by atoms with Crippen LogP contribution >= 0.6 is 22.6 Å². The Morgan fingerprint density at radius 3 is 2.04 bits per heavy atom. The highest BCUT2D eigenvalue weighted by molar-refractivity contribution is 14.1. The molecule has 144 valence electrons. The summed E-state index contributed by atoms with van der Waals surface area (Å²) in [6.45, 7) is 19.7. The molecule has 0 rings (SSSR count). The van der Waals surface area contributed by atoms with E-state index in [2.05, 4.69) is 95.1 Å². The van der Waals surface area contributed by atoms with Crippen LogP contribution in [0.15, 0.2) is 34.0 Å². The molecule has 0 aromatic rings. The lowest BCUT2D eigenvalue weighted by Crippen LogP contribution is -2.51. The number of rotatable bonds is 10. The molecule has 25 heavy (non-hydrogen) atoms. The van der Waals surface area contributed by atoms with Gasteiger partial charge in [-0.2, -0.15) is 0 Å². The molecule has 0 radical (unpaired) electrons. The first kappa shape index (κ1) is 24.4. The molecule has 1 amide bonds. The van der Waals surface area contributed by atoms with Crippen molar-refractivity contribution >= 4 is 37.0 Å². The van der Waals surface area contributed by atoms with Crippen molar-refractivity contribution in [3.8, 4) is 0 Å². The van der Waals surface area contributed by atoms with Crippen molar-refractivity contribution in [2.24, 2.45) is 0 Å². The van der Waals surface area contributed by atoms with Gasteiger partial charge in [0, 0.05) is 6.54 Å². The molecular formula is C20H36INO2Si. The van der Waals surface area contributed by atoms with Gasteiger partial charge < -0.3 is 9.74 Å². The summed E-state index contributed by atoms with van der Waals surface area (Å²) >= 11 is 2.30. The lowest BCUT2D eigenvalue weighted by Gasteiger charge is -2.41. The minimum atomic E-state index is -2.16. The minimum absolute atomic E-state index is 0.283. The SMILES string of the molecule is C=C(C/C=C/CNC(=O)O[Si](C(C)C)(C(C)C)C(C)C)C/C=C(\C)I. The van der Waals surface area contributed by atoms with E-state index in [4.69, 9.17) is 4.43 Å². The maximum atomic E-state index is 12.3. The zero-order valence-electron chi connectivity index (χ0n) is 17.0. The summed E-state index contributed by atoms with van der Waals surface area (Å²) in [5.74, 6) is 0. The molecule has 0 fully saturated rings. The Morgan fingerprint density at radius 2 is 1.60 bits per heavy atom. The number of amides is 1. The third-order valence-corrected chi connectivity index (χ3v) is 11.0. The first-order valence-corrected chi connectivity index (χ1v) is 12.4. The van der Waals surface area contributed by atoms with Crippen molar-refractivity contribution < 1.29 is 9.22 Å². The van der Waals surface area contributed by atoms with Gasteiger partial charge in [0.25, 0.3) is 8.32 Å². The van der Waals surface area contributed by atoms with Gasteiger partial charge in [-0.05, 0) is 62.6 Å². The first-order valence-electron chi connectivity index (χ1n) is 9.14. The van der Waals surface area contributed by atoms with E-state index < -0.39 is 8.32 Å². The Bertz CT molecular complexity index is 470. The van der Waals surface area contributed by atoms with Crippen LogP contribution in [0.3, 0.4) is 0 Å². The normalized spacial score (nSPS) is 13.2. The predicted octanol–water partition coefficient (Wildman–Crippen LogP) is 7.12. The van der Waals surface area contributed by atoms with Crippen LogP contribution in [-0.4, -0.2) is 21.0 Å². The standard InChI is InChI=1S/C20H36INO2Si/c1-15(2)25(16(3)4,17(5)6)24-20(23)22-14-10-9-11-18(7)12-13-19(8)21/h9-10,13,15-17H,7,11-12,14H2,1-6,8H3,(H,22,23)/b10-9+,19-13+. The fraction of sp³-hybridized carbons (Fsp3) is 0.650. The average molecular weight is 478 g/mol. The number of hydrogen-bond donors (Lipinski definition) is 1. The van der Waals surface area contributed by atoms with E-state index in [0.29, 0.717) is 23.2 Å². The zero-order chi connectivity index (χ0) is 19.6. The largest absolute Gasteiger partial charge is 0.503 e. The van der Waals surface area contributed by atoms with E-state index in [1.807, 2.05) is 6.08 Å². The summed E-state index contributed by atoms with van der Waals surface area (Å²) in [7, 11) is -2.16. The van der Waals surface area contributed by atoms with Crippen molar-refractivity contribution in [3.63, 3.8) is 0 Å². The van der Waals surface area contributed by atoms with Crippen LogP contribution in [0.25, 0.3) is 0 Å². The lowest BCUT2D eigenvalue weighted by atomic mass is 10.1. The molecule has 0 heterocycles. The van der Waals surface area contributed by atoms with Gasteiger partial charge in [0.05, 0.1) is 0 Å². The quantitative estimate of drug-likeness (QED) is 0.207. The van der Waals surface area contributed by atoms with Gasteiger partial charge in [-0.25, -0.2) is 4.79 Å². The summed E-state index contributed by atoms with van der Waals surface area (Å²) < 4.78 is 7.32. The molecule has 0 aliphatic carbocycles. The van der Waals surface area contributed by atoms with Crippen molar-refractivity contribution in [1.82, 2.24) is 5.32 Å². The predicted molar refractivity (Wildman–Crippen MR) is 121 cm³/mol. The van der Waals surface area contributed by atoms with Crippen LogP contribution < -0.4 is 5.32 Å². The molecule has 0 unspecified atom stereocenters. The number of allylic oxidation sites excluding steroid dienone is 4. The third kappa shape index (κ3) is 8.58. The van der Waals surface area contributed by atoms with Gasteiger partial charge in [-0.3, -0.25) is 0 Å². The van der Waals surface area contributed by atoms with E-state index in [9.17, 15) is 4.79 Å². The van der Waals surface area contributed by atoms with Crippen molar-refractivity contribution in [2.45, 2.75) is 77.9 Å². The highest BCUT2D eigenvalue weighted by atomic mass is 127. The molecule has 0 spiro atoms. The number of carbonyl (C=O) groups is 1. The average Bonchev–Trinajstić information content (AvgIpc) is 2.49. The molecule has 0 bridgehead atoms. The molecule has 0 aliphatic rings. The molecule has 0 saturated carbocycles. The Hall–Kier alpha value is -0.563. The number of hydrogen-bond acceptors (Lipinski definition) is 2. The van der Waals surface area contributed by atoms with Gasteiger partial charge in [-0.1, -0.05) is 71.9 Å². The van der Waals surface area contributed by atoms with E-state index in [-0.39, 0.29) is 6.09 Å². The van der Waals surface area contributed by atoms with E-state index >= 15 is 0 Å². The zero-order valence-corrected chi connectivity index (χ0v) is 20.1. The van der Waals surface area contributed by atoms with Gasteiger partial charge in [0.2, 0.25) is 0 Å². The second-order valence-corrected chi connectivity index (χ2v) is 14.6. The van der Waals surface area contributed by atoms with Crippen LogP contribution in [0.2, 0.25) is 16.6 Å². The first-order chi connectivity index (χ1) is 11.5. The van der Waals surface area contributed by atoms with Crippen molar-refractivity contribution in [3.05, 3.63) is 34.0 Å². The van der Waals surface area contributed by atoms with E-state index in [1.54, 1.807) is 0 Å². The Labute approximate surface area is 169 Å². The van der Waals surface area contributed by atoms with Crippen LogP contribution in [-0.2, 0) is 4.43 Å². The van der Waals surface area contributed by atoms with Crippen LogP contribution in [0.5, 0.6) is 0 Å². The summed E-state index contributed by atoms with van der Waals surface area (Å²) in [4.78, 5) is 12.3. The van der Waals surface area contributed by atoms with Gasteiger partial charge in [0.15, 0.2) is 0 Å². The second kappa shape index (κ2) is 11.9. The molecule has 1 N–H and O–H groups in total. The molecule has 0 aromatic heterocycles. The van der Waals surface area contributed by atoms with Crippen molar-refractivity contribution in [2.75, 3.05) is 6.54 Å². The molecule has 0 saturated heterocycles.